The van der Waals surface area contributed by atoms with Crippen molar-refractivity contribution in [3.63, 3.8) is 0 Å². The van der Waals surface area contributed by atoms with Crippen LogP contribution >= 0.6 is 0 Å². The first kappa shape index (κ1) is 13.0. The normalized spacial score (nSPS) is 12.2. The van der Waals surface area contributed by atoms with Gasteiger partial charge in [0.2, 0.25) is 11.5 Å². The van der Waals surface area contributed by atoms with Gasteiger partial charge in [0.1, 0.15) is 0 Å². The SMILES string of the molecule is O=c1c(O)c(O)c1=O.c1cc2c3c(cccc3c1)NCN2. The molecule has 0 radical (unpaired) electrons. The average molecular weight is 284 g/mol. The fourth-order valence-electron chi connectivity index (χ4n) is 2.24. The third-order valence-electron chi connectivity index (χ3n) is 3.32. The van der Waals surface area contributed by atoms with E-state index in [4.69, 9.17) is 10.2 Å². The molecular weight excluding hydrogens is 272 g/mol. The summed E-state index contributed by atoms with van der Waals surface area (Å²) in [6.07, 6.45) is 0. The number of hydrogen-bond donors (Lipinski definition) is 4. The lowest BCUT2D eigenvalue weighted by atomic mass is 10.1. The molecule has 0 fully saturated rings. The summed E-state index contributed by atoms with van der Waals surface area (Å²) < 4.78 is 0. The molecule has 0 aliphatic carbocycles. The predicted octanol–water partition coefficient (Wildman–Crippen LogP) is 1.33. The maximum atomic E-state index is 9.95. The van der Waals surface area contributed by atoms with Gasteiger partial charge in [-0.25, -0.2) is 0 Å². The number of anilines is 2. The van der Waals surface area contributed by atoms with Crippen LogP contribution in [0.3, 0.4) is 0 Å². The van der Waals surface area contributed by atoms with Gasteiger partial charge in [0.05, 0.1) is 6.67 Å². The van der Waals surface area contributed by atoms with E-state index in [0.29, 0.717) is 0 Å². The van der Waals surface area contributed by atoms with Gasteiger partial charge < -0.3 is 20.8 Å². The van der Waals surface area contributed by atoms with Gasteiger partial charge in [-0.3, -0.25) is 9.59 Å². The number of rotatable bonds is 0. The zero-order valence-electron chi connectivity index (χ0n) is 10.9. The van der Waals surface area contributed by atoms with Crippen molar-refractivity contribution in [3.05, 3.63) is 56.8 Å². The summed E-state index contributed by atoms with van der Waals surface area (Å²) in [5, 5.41) is 25.6. The number of hydrogen-bond acceptors (Lipinski definition) is 6. The molecule has 0 bridgehead atoms. The zero-order valence-corrected chi connectivity index (χ0v) is 10.9. The first-order valence-electron chi connectivity index (χ1n) is 6.30. The highest BCUT2D eigenvalue weighted by atomic mass is 16.3. The molecule has 1 aliphatic rings. The van der Waals surface area contributed by atoms with Gasteiger partial charge in [0.25, 0.3) is 10.9 Å². The van der Waals surface area contributed by atoms with Crippen LogP contribution in [0, 0.1) is 0 Å². The van der Waals surface area contributed by atoms with E-state index in [9.17, 15) is 9.59 Å². The Hall–Kier alpha value is -3.02. The molecule has 0 unspecified atom stereocenters. The van der Waals surface area contributed by atoms with E-state index in [1.807, 2.05) is 0 Å². The van der Waals surface area contributed by atoms with Crippen LogP contribution in [0.5, 0.6) is 11.5 Å². The first-order chi connectivity index (χ1) is 10.1. The molecule has 0 aromatic heterocycles. The molecule has 6 nitrogen and oxygen atoms in total. The average Bonchev–Trinajstić information content (AvgIpc) is 2.54. The van der Waals surface area contributed by atoms with Crippen LogP contribution in [0.1, 0.15) is 0 Å². The van der Waals surface area contributed by atoms with Crippen molar-refractivity contribution in [1.82, 2.24) is 0 Å². The Labute approximate surface area is 119 Å². The van der Waals surface area contributed by atoms with Crippen molar-refractivity contribution in [1.29, 1.82) is 0 Å². The Morgan fingerprint density at radius 1 is 0.810 bits per heavy atom. The standard InChI is InChI=1S/C11H10N2.C4H2O4/c1-3-8-4-2-6-10-11(8)9(5-1)12-7-13-10;5-1-2(6)4(8)3(1)7/h1-6,12-13H,7H2;5-6H. The highest BCUT2D eigenvalue weighted by Crippen LogP contribution is 2.32. The van der Waals surface area contributed by atoms with Gasteiger partial charge in [0.15, 0.2) is 0 Å². The summed E-state index contributed by atoms with van der Waals surface area (Å²) in [4.78, 5) is 19.9. The molecular formula is C15H12N2O4. The second-order valence-electron chi connectivity index (χ2n) is 4.60. The molecule has 3 aromatic rings. The highest BCUT2D eigenvalue weighted by Gasteiger charge is 2.17. The van der Waals surface area contributed by atoms with Crippen LogP contribution in [0.2, 0.25) is 0 Å². The molecule has 1 heterocycles. The Kier molecular flexibility index (Phi) is 2.98. The minimum atomic E-state index is -1.01. The third kappa shape index (κ3) is 2.06. The topological polar surface area (TPSA) is 98.7 Å². The van der Waals surface area contributed by atoms with Gasteiger partial charge in [-0.15, -0.1) is 0 Å². The number of benzene rings is 2. The van der Waals surface area contributed by atoms with Crippen molar-refractivity contribution < 1.29 is 10.2 Å². The maximum absolute atomic E-state index is 9.95. The van der Waals surface area contributed by atoms with E-state index in [0.717, 1.165) is 6.67 Å². The first-order valence-corrected chi connectivity index (χ1v) is 6.30. The van der Waals surface area contributed by atoms with Crippen LogP contribution in [0.4, 0.5) is 11.4 Å². The Morgan fingerprint density at radius 2 is 1.29 bits per heavy atom. The predicted molar refractivity (Wildman–Crippen MR) is 80.7 cm³/mol. The molecule has 6 heteroatoms. The molecule has 0 saturated heterocycles. The molecule has 106 valence electrons. The van der Waals surface area contributed by atoms with Crippen molar-refractivity contribution in [2.45, 2.75) is 0 Å². The molecule has 4 rings (SSSR count). The molecule has 0 spiro atoms. The van der Waals surface area contributed by atoms with Crippen LogP contribution in [-0.4, -0.2) is 16.9 Å². The summed E-state index contributed by atoms with van der Waals surface area (Å²) >= 11 is 0. The van der Waals surface area contributed by atoms with Gasteiger partial charge in [0, 0.05) is 16.8 Å². The summed E-state index contributed by atoms with van der Waals surface area (Å²) in [6.45, 7) is 0.816. The molecule has 0 atom stereocenters. The molecule has 3 aromatic carbocycles. The number of aromatic hydroxyl groups is 2. The maximum Gasteiger partial charge on any atom is 0.275 e. The van der Waals surface area contributed by atoms with E-state index in [1.165, 1.54) is 22.1 Å². The lowest BCUT2D eigenvalue weighted by Crippen LogP contribution is -2.28. The second kappa shape index (κ2) is 4.82. The monoisotopic (exact) mass is 284 g/mol. The van der Waals surface area contributed by atoms with E-state index in [2.05, 4.69) is 47.0 Å². The lowest BCUT2D eigenvalue weighted by Gasteiger charge is -2.20. The fraction of sp³-hybridized carbons (Fsp3) is 0.0667. The molecule has 1 aliphatic heterocycles. The summed E-state index contributed by atoms with van der Waals surface area (Å²) in [6, 6.07) is 12.7. The van der Waals surface area contributed by atoms with Gasteiger partial charge in [-0.1, -0.05) is 24.3 Å². The number of nitrogens with one attached hydrogen (secondary N) is 2. The molecule has 0 amide bonds. The van der Waals surface area contributed by atoms with E-state index < -0.39 is 22.4 Å². The molecule has 21 heavy (non-hydrogen) atoms. The quantitative estimate of drug-likeness (QED) is 0.465. The van der Waals surface area contributed by atoms with E-state index >= 15 is 0 Å². The van der Waals surface area contributed by atoms with E-state index in [-0.39, 0.29) is 0 Å². The van der Waals surface area contributed by atoms with Crippen LogP contribution < -0.4 is 21.5 Å². The Bertz CT molecular complexity index is 826. The summed E-state index contributed by atoms with van der Waals surface area (Å²) in [5.41, 5.74) is 0.434. The largest absolute Gasteiger partial charge is 0.501 e. The smallest absolute Gasteiger partial charge is 0.275 e. The van der Waals surface area contributed by atoms with Gasteiger partial charge >= 0.3 is 0 Å². The minimum absolute atomic E-state index is 0.816. The Morgan fingerprint density at radius 3 is 1.71 bits per heavy atom. The van der Waals surface area contributed by atoms with Gasteiger partial charge in [-0.05, 0) is 17.5 Å². The second-order valence-corrected chi connectivity index (χ2v) is 4.60. The summed E-state index contributed by atoms with van der Waals surface area (Å²) in [7, 11) is 0. The van der Waals surface area contributed by atoms with Crippen molar-refractivity contribution >= 4 is 22.1 Å². The van der Waals surface area contributed by atoms with Crippen LogP contribution in [-0.2, 0) is 0 Å². The fourth-order valence-corrected chi connectivity index (χ4v) is 2.24. The van der Waals surface area contributed by atoms with E-state index in [1.54, 1.807) is 0 Å². The minimum Gasteiger partial charge on any atom is -0.501 e. The highest BCUT2D eigenvalue weighted by molar-refractivity contribution is 6.04. The lowest BCUT2D eigenvalue weighted by molar-refractivity contribution is 0.384. The van der Waals surface area contributed by atoms with Crippen LogP contribution in [0.15, 0.2) is 46.0 Å². The van der Waals surface area contributed by atoms with Crippen LogP contribution in [0.25, 0.3) is 10.8 Å². The van der Waals surface area contributed by atoms with Gasteiger partial charge in [-0.2, -0.15) is 0 Å². The van der Waals surface area contributed by atoms with Crippen molar-refractivity contribution in [2.24, 2.45) is 0 Å². The zero-order chi connectivity index (χ0) is 15.0. The third-order valence-corrected chi connectivity index (χ3v) is 3.32. The molecule has 0 saturated carbocycles. The van der Waals surface area contributed by atoms with Crippen molar-refractivity contribution in [3.8, 4) is 11.5 Å². The Balaban J connectivity index is 0.000000143. The van der Waals surface area contributed by atoms with Crippen molar-refractivity contribution in [2.75, 3.05) is 17.3 Å². The summed E-state index contributed by atoms with van der Waals surface area (Å²) in [5.74, 6) is -1.65. The molecule has 4 N–H and O–H groups in total.